The number of unbranched alkanes of at least 4 members (excludes halogenated alkanes) is 5. The van der Waals surface area contributed by atoms with Crippen molar-refractivity contribution in [2.24, 2.45) is 23.7 Å². The van der Waals surface area contributed by atoms with Crippen LogP contribution in [0.2, 0.25) is 0 Å². The maximum absolute atomic E-state index is 12.1. The van der Waals surface area contributed by atoms with Crippen LogP contribution in [0.3, 0.4) is 0 Å². The first-order valence-corrected chi connectivity index (χ1v) is 11.3. The molecule has 0 heterocycles. The largest absolute Gasteiger partial charge is 0.481 e. The first kappa shape index (κ1) is 26.7. The maximum atomic E-state index is 12.1. The van der Waals surface area contributed by atoms with Crippen LogP contribution in [-0.4, -0.2) is 22.2 Å². The van der Waals surface area contributed by atoms with Gasteiger partial charge in [-0.05, 0) is 43.4 Å². The molecule has 0 saturated heterocycles. The van der Waals surface area contributed by atoms with Crippen molar-refractivity contribution in [1.29, 1.82) is 0 Å². The molecule has 0 aromatic heterocycles. The van der Waals surface area contributed by atoms with Gasteiger partial charge in [0.2, 0.25) is 0 Å². The van der Waals surface area contributed by atoms with Gasteiger partial charge < -0.3 is 10.2 Å². The van der Waals surface area contributed by atoms with E-state index in [0.29, 0.717) is 24.3 Å². The average molecular weight is 397 g/mol. The first-order chi connectivity index (χ1) is 13.1. The molecule has 4 heteroatoms. The zero-order valence-electron chi connectivity index (χ0n) is 19.1. The third kappa shape index (κ3) is 10.3. The summed E-state index contributed by atoms with van der Waals surface area (Å²) in [5.74, 6) is -0.961. The molecule has 0 bridgehead atoms. The normalized spacial score (nSPS) is 14.9. The molecule has 2 unspecified atom stereocenters. The quantitative estimate of drug-likeness (QED) is 0.219. The highest BCUT2D eigenvalue weighted by Crippen LogP contribution is 2.35. The topological polar surface area (TPSA) is 74.6 Å². The Hall–Kier alpha value is -1.32. The lowest BCUT2D eigenvalue weighted by Crippen LogP contribution is -2.21. The first-order valence-electron chi connectivity index (χ1n) is 11.3. The zero-order valence-corrected chi connectivity index (χ0v) is 19.1. The van der Waals surface area contributed by atoms with Crippen molar-refractivity contribution in [1.82, 2.24) is 0 Å². The number of aliphatic carboxylic acids is 2. The van der Waals surface area contributed by atoms with E-state index in [9.17, 15) is 14.7 Å². The van der Waals surface area contributed by atoms with Gasteiger partial charge in [0.1, 0.15) is 0 Å². The fraction of sp³-hybridized carbons (Fsp3) is 0.833. The Labute approximate surface area is 172 Å². The molecule has 0 aliphatic rings. The number of allylic oxidation sites excluding steroid dienone is 1. The third-order valence-corrected chi connectivity index (χ3v) is 5.79. The van der Waals surface area contributed by atoms with Crippen molar-refractivity contribution in [2.75, 3.05) is 0 Å². The highest BCUT2D eigenvalue weighted by molar-refractivity contribution is 5.87. The molecule has 0 aromatic rings. The highest BCUT2D eigenvalue weighted by Gasteiger charge is 2.26. The van der Waals surface area contributed by atoms with Crippen molar-refractivity contribution in [3.05, 3.63) is 11.1 Å². The number of carboxylic acid groups (broad SMARTS) is 2. The molecule has 2 atom stereocenters. The Balaban J connectivity index is 5.21. The molecule has 0 spiro atoms. The summed E-state index contributed by atoms with van der Waals surface area (Å²) in [6.45, 7) is 12.5. The van der Waals surface area contributed by atoms with E-state index in [-0.39, 0.29) is 17.8 Å². The monoisotopic (exact) mass is 396 g/mol. The predicted molar refractivity (Wildman–Crippen MR) is 116 cm³/mol. The molecule has 28 heavy (non-hydrogen) atoms. The van der Waals surface area contributed by atoms with E-state index in [1.165, 1.54) is 19.3 Å². The Kier molecular flexibility index (Phi) is 14.0. The fourth-order valence-electron chi connectivity index (χ4n) is 4.07. The van der Waals surface area contributed by atoms with Crippen LogP contribution >= 0.6 is 0 Å². The molecule has 0 amide bonds. The number of rotatable bonds is 16. The Bertz CT molecular complexity index is 491. The van der Waals surface area contributed by atoms with Gasteiger partial charge >= 0.3 is 11.9 Å². The van der Waals surface area contributed by atoms with E-state index in [1.807, 2.05) is 0 Å². The lowest BCUT2D eigenvalue weighted by molar-refractivity contribution is -0.141. The number of carboxylic acids is 2. The van der Waals surface area contributed by atoms with Crippen LogP contribution < -0.4 is 0 Å². The van der Waals surface area contributed by atoms with Crippen LogP contribution in [0, 0.1) is 23.7 Å². The number of carbonyl (C=O) groups is 2. The molecule has 0 aliphatic heterocycles. The van der Waals surface area contributed by atoms with E-state index < -0.39 is 11.9 Å². The smallest absolute Gasteiger partial charge is 0.331 e. The average Bonchev–Trinajstić information content (AvgIpc) is 2.60. The van der Waals surface area contributed by atoms with E-state index in [2.05, 4.69) is 34.6 Å². The molecule has 0 saturated carbocycles. The molecule has 0 aromatic carbocycles. The minimum atomic E-state index is -0.760. The van der Waals surface area contributed by atoms with Crippen molar-refractivity contribution in [3.8, 4) is 0 Å². The van der Waals surface area contributed by atoms with Crippen molar-refractivity contribution in [3.63, 3.8) is 0 Å². The predicted octanol–water partition coefficient (Wildman–Crippen LogP) is 6.94. The summed E-state index contributed by atoms with van der Waals surface area (Å²) >= 11 is 0. The van der Waals surface area contributed by atoms with Gasteiger partial charge in [0.15, 0.2) is 0 Å². The summed E-state index contributed by atoms with van der Waals surface area (Å²) < 4.78 is 0. The molecule has 164 valence electrons. The van der Waals surface area contributed by atoms with Gasteiger partial charge in [-0.3, -0.25) is 4.79 Å². The minimum absolute atomic E-state index is 0.215. The third-order valence-electron chi connectivity index (χ3n) is 5.79. The minimum Gasteiger partial charge on any atom is -0.481 e. The van der Waals surface area contributed by atoms with E-state index in [0.717, 1.165) is 37.7 Å². The molecule has 0 fully saturated rings. The summed E-state index contributed by atoms with van der Waals surface area (Å²) in [4.78, 5) is 23.1. The van der Waals surface area contributed by atoms with Crippen LogP contribution in [0.25, 0.3) is 0 Å². The van der Waals surface area contributed by atoms with Crippen molar-refractivity contribution < 1.29 is 19.8 Å². The van der Waals surface area contributed by atoms with Gasteiger partial charge in [-0.1, -0.05) is 85.6 Å². The van der Waals surface area contributed by atoms with Crippen molar-refractivity contribution in [2.45, 2.75) is 106 Å². The summed E-state index contributed by atoms with van der Waals surface area (Å²) in [6.07, 6.45) is 9.72. The van der Waals surface area contributed by atoms with Gasteiger partial charge in [-0.15, -0.1) is 0 Å². The number of hydrogen-bond acceptors (Lipinski definition) is 2. The lowest BCUT2D eigenvalue weighted by atomic mass is 9.76. The van der Waals surface area contributed by atoms with E-state index in [4.69, 9.17) is 5.11 Å². The van der Waals surface area contributed by atoms with Crippen LogP contribution in [0.15, 0.2) is 11.1 Å². The molecular weight excluding hydrogens is 352 g/mol. The van der Waals surface area contributed by atoms with Crippen LogP contribution in [0.5, 0.6) is 0 Å². The molecule has 0 rings (SSSR count). The van der Waals surface area contributed by atoms with Crippen LogP contribution in [0.4, 0.5) is 0 Å². The Morgan fingerprint density at radius 1 is 0.786 bits per heavy atom. The maximum Gasteiger partial charge on any atom is 0.331 e. The van der Waals surface area contributed by atoms with Gasteiger partial charge in [-0.2, -0.15) is 0 Å². The highest BCUT2D eigenvalue weighted by atomic mass is 16.4. The van der Waals surface area contributed by atoms with E-state index in [1.54, 1.807) is 6.92 Å². The summed E-state index contributed by atoms with van der Waals surface area (Å²) in [5, 5.41) is 18.9. The molecule has 0 aliphatic carbocycles. The lowest BCUT2D eigenvalue weighted by Gasteiger charge is -2.29. The Morgan fingerprint density at radius 3 is 1.82 bits per heavy atom. The SMILES string of the molecule is CCCCCCCC(C(=O)O)=C(C(C)C)C(CCCCC(C)C(=O)O)C(C)C. The summed E-state index contributed by atoms with van der Waals surface area (Å²) in [6, 6.07) is 0. The van der Waals surface area contributed by atoms with Crippen LogP contribution in [0.1, 0.15) is 106 Å². The van der Waals surface area contributed by atoms with Gasteiger partial charge in [0, 0.05) is 5.57 Å². The second kappa shape index (κ2) is 14.6. The Morgan fingerprint density at radius 2 is 1.36 bits per heavy atom. The fourth-order valence-corrected chi connectivity index (χ4v) is 4.07. The molecule has 2 N–H and O–H groups in total. The van der Waals surface area contributed by atoms with Crippen LogP contribution in [-0.2, 0) is 9.59 Å². The van der Waals surface area contributed by atoms with Gasteiger partial charge in [-0.25, -0.2) is 4.79 Å². The van der Waals surface area contributed by atoms with E-state index >= 15 is 0 Å². The summed E-state index contributed by atoms with van der Waals surface area (Å²) in [7, 11) is 0. The van der Waals surface area contributed by atoms with Gasteiger partial charge in [0.25, 0.3) is 0 Å². The second-order valence-corrected chi connectivity index (χ2v) is 8.93. The summed E-state index contributed by atoms with van der Waals surface area (Å²) in [5.41, 5.74) is 1.74. The van der Waals surface area contributed by atoms with Crippen molar-refractivity contribution >= 4 is 11.9 Å². The molecule has 0 radical (unpaired) electrons. The van der Waals surface area contributed by atoms with Gasteiger partial charge in [0.05, 0.1) is 5.92 Å². The zero-order chi connectivity index (χ0) is 21.7. The molecular formula is C24H44O4. The standard InChI is InChI=1S/C24H44O4/c1-7-8-9-10-11-16-21(24(27)28)22(18(4)5)20(17(2)3)15-13-12-14-19(6)23(25)26/h17-20H,7-16H2,1-6H3,(H,25,26)(H,27,28). The second-order valence-electron chi connectivity index (χ2n) is 8.93. The molecule has 4 nitrogen and oxygen atoms in total. The number of hydrogen-bond donors (Lipinski definition) is 2.